The Labute approximate surface area is 157 Å². The second kappa shape index (κ2) is 8.43. The van der Waals surface area contributed by atoms with Gasteiger partial charge in [0.2, 0.25) is 10.0 Å². The van der Waals surface area contributed by atoms with E-state index in [1.807, 2.05) is 6.07 Å². The van der Waals surface area contributed by atoms with E-state index in [1.165, 1.54) is 34.6 Å². The number of methoxy groups -OCH3 is 1. The number of rotatable bonds is 8. The van der Waals surface area contributed by atoms with E-state index in [9.17, 15) is 8.42 Å². The first-order valence-electron chi connectivity index (χ1n) is 8.46. The van der Waals surface area contributed by atoms with Crippen LogP contribution in [0.15, 0.2) is 29.4 Å². The third kappa shape index (κ3) is 4.24. The Hall–Kier alpha value is -2.55. The maximum absolute atomic E-state index is 13.2. The van der Waals surface area contributed by atoms with Crippen molar-refractivity contribution in [1.29, 1.82) is 5.26 Å². The molecular formula is C16H20N6O4S. The molecule has 1 aromatic heterocycles. The molecule has 2 aromatic rings. The Balaban J connectivity index is 1.91. The van der Waals surface area contributed by atoms with E-state index in [2.05, 4.69) is 15.5 Å². The van der Waals surface area contributed by atoms with Crippen molar-refractivity contribution in [3.8, 4) is 17.5 Å². The van der Waals surface area contributed by atoms with Gasteiger partial charge in [-0.15, -0.1) is 5.10 Å². The number of hydrogen-bond donors (Lipinski definition) is 0. The monoisotopic (exact) mass is 392 g/mol. The summed E-state index contributed by atoms with van der Waals surface area (Å²) in [5.74, 6) is 0.320. The molecule has 2 heterocycles. The summed E-state index contributed by atoms with van der Waals surface area (Å²) in [5.41, 5.74) is 0.518. The van der Waals surface area contributed by atoms with Gasteiger partial charge < -0.3 is 9.47 Å². The molecule has 1 fully saturated rings. The van der Waals surface area contributed by atoms with E-state index in [0.717, 1.165) is 12.8 Å². The smallest absolute Gasteiger partial charge is 0.243 e. The van der Waals surface area contributed by atoms with Crippen LogP contribution in [-0.4, -0.2) is 65.8 Å². The number of aromatic nitrogens is 4. The van der Waals surface area contributed by atoms with Crippen LogP contribution >= 0.6 is 0 Å². The van der Waals surface area contributed by atoms with Crippen LogP contribution in [-0.2, 0) is 14.8 Å². The minimum Gasteiger partial charge on any atom is -0.494 e. The minimum absolute atomic E-state index is 0.0760. The van der Waals surface area contributed by atoms with Crippen LogP contribution in [0.5, 0.6) is 5.75 Å². The van der Waals surface area contributed by atoms with Crippen molar-refractivity contribution in [3.63, 3.8) is 0 Å². The third-order valence-electron chi connectivity index (χ3n) is 4.29. The summed E-state index contributed by atoms with van der Waals surface area (Å²) in [4.78, 5) is 0.0760. The molecule has 1 atom stereocenters. The van der Waals surface area contributed by atoms with Gasteiger partial charge in [-0.3, -0.25) is 0 Å². The summed E-state index contributed by atoms with van der Waals surface area (Å²) in [6, 6.07) is 6.49. The Bertz CT molecular complexity index is 903. The topological polar surface area (TPSA) is 123 Å². The standard InChI is InChI=1S/C16H20N6O4S/c1-25-16-10-14(5-6-15(16)22-12-18-19-20-22)27(23,24)21(8-3-7-17)11-13-4-2-9-26-13/h5-6,10,12-13H,2-4,8-9,11H2,1H3. The molecule has 1 aromatic carbocycles. The molecular weight excluding hydrogens is 372 g/mol. The average Bonchev–Trinajstić information content (AvgIpc) is 3.38. The number of benzene rings is 1. The molecule has 1 unspecified atom stereocenters. The maximum atomic E-state index is 13.2. The van der Waals surface area contributed by atoms with Crippen molar-refractivity contribution in [2.24, 2.45) is 0 Å². The average molecular weight is 392 g/mol. The van der Waals surface area contributed by atoms with Gasteiger partial charge in [0, 0.05) is 32.2 Å². The van der Waals surface area contributed by atoms with Gasteiger partial charge in [0.15, 0.2) is 0 Å². The lowest BCUT2D eigenvalue weighted by Gasteiger charge is -2.24. The summed E-state index contributed by atoms with van der Waals surface area (Å²) in [6.07, 6.45) is 3.06. The van der Waals surface area contributed by atoms with Crippen LogP contribution in [0.2, 0.25) is 0 Å². The molecule has 0 amide bonds. The van der Waals surface area contributed by atoms with E-state index >= 15 is 0 Å². The van der Waals surface area contributed by atoms with Crippen molar-refractivity contribution < 1.29 is 17.9 Å². The zero-order chi connectivity index (χ0) is 19.3. The quantitative estimate of drug-likeness (QED) is 0.645. The molecule has 0 N–H and O–H groups in total. The maximum Gasteiger partial charge on any atom is 0.243 e. The van der Waals surface area contributed by atoms with Gasteiger partial charge in [-0.2, -0.15) is 14.2 Å². The van der Waals surface area contributed by atoms with Crippen LogP contribution in [0, 0.1) is 11.3 Å². The molecule has 1 saturated heterocycles. The summed E-state index contributed by atoms with van der Waals surface area (Å²) >= 11 is 0. The van der Waals surface area contributed by atoms with Crippen molar-refractivity contribution in [2.75, 3.05) is 26.8 Å². The highest BCUT2D eigenvalue weighted by Gasteiger charge is 2.29. The van der Waals surface area contributed by atoms with Crippen molar-refractivity contribution in [1.82, 2.24) is 24.5 Å². The van der Waals surface area contributed by atoms with Crippen LogP contribution < -0.4 is 4.74 Å². The first-order chi connectivity index (χ1) is 13.1. The molecule has 1 aliphatic rings. The predicted octanol–water partition coefficient (Wildman–Crippen LogP) is 0.754. The first-order valence-corrected chi connectivity index (χ1v) is 9.90. The highest BCUT2D eigenvalue weighted by atomic mass is 32.2. The molecule has 10 nitrogen and oxygen atoms in total. The highest BCUT2D eigenvalue weighted by molar-refractivity contribution is 7.89. The Morgan fingerprint density at radius 3 is 2.96 bits per heavy atom. The Morgan fingerprint density at radius 2 is 2.33 bits per heavy atom. The second-order valence-corrected chi connectivity index (χ2v) is 7.93. The van der Waals surface area contributed by atoms with Gasteiger partial charge >= 0.3 is 0 Å². The van der Waals surface area contributed by atoms with E-state index in [1.54, 1.807) is 6.07 Å². The third-order valence-corrected chi connectivity index (χ3v) is 6.15. The van der Waals surface area contributed by atoms with Crippen LogP contribution in [0.25, 0.3) is 5.69 Å². The van der Waals surface area contributed by atoms with E-state index in [4.69, 9.17) is 14.7 Å². The fraction of sp³-hybridized carbons (Fsp3) is 0.500. The molecule has 0 saturated carbocycles. The number of nitrogens with zero attached hydrogens (tertiary/aromatic N) is 6. The highest BCUT2D eigenvalue weighted by Crippen LogP contribution is 2.28. The van der Waals surface area contributed by atoms with E-state index < -0.39 is 10.0 Å². The van der Waals surface area contributed by atoms with Crippen molar-refractivity contribution in [3.05, 3.63) is 24.5 Å². The Morgan fingerprint density at radius 1 is 1.48 bits per heavy atom. The zero-order valence-electron chi connectivity index (χ0n) is 14.9. The predicted molar refractivity (Wildman–Crippen MR) is 93.7 cm³/mol. The van der Waals surface area contributed by atoms with Gasteiger partial charge in [0.05, 0.1) is 24.2 Å². The van der Waals surface area contributed by atoms with E-state index in [-0.39, 0.29) is 30.5 Å². The lowest BCUT2D eigenvalue weighted by atomic mass is 10.2. The lowest BCUT2D eigenvalue weighted by molar-refractivity contribution is 0.0941. The van der Waals surface area contributed by atoms with Crippen molar-refractivity contribution in [2.45, 2.75) is 30.3 Å². The molecule has 3 rings (SSSR count). The van der Waals surface area contributed by atoms with Gasteiger partial charge in [-0.25, -0.2) is 8.42 Å². The fourth-order valence-corrected chi connectivity index (χ4v) is 4.42. The Kier molecular flexibility index (Phi) is 6.00. The molecule has 27 heavy (non-hydrogen) atoms. The number of sulfonamides is 1. The molecule has 0 radical (unpaired) electrons. The van der Waals surface area contributed by atoms with Crippen LogP contribution in [0.3, 0.4) is 0 Å². The van der Waals surface area contributed by atoms with Crippen LogP contribution in [0.4, 0.5) is 0 Å². The molecule has 0 aliphatic carbocycles. The SMILES string of the molecule is COc1cc(S(=O)(=O)N(CCC#N)CC2CCCO2)ccc1-n1cnnn1. The molecule has 11 heteroatoms. The van der Waals surface area contributed by atoms with Gasteiger partial charge in [0.25, 0.3) is 0 Å². The molecule has 0 bridgehead atoms. The molecule has 1 aliphatic heterocycles. The van der Waals surface area contributed by atoms with Crippen LogP contribution in [0.1, 0.15) is 19.3 Å². The number of tetrazole rings is 1. The summed E-state index contributed by atoms with van der Waals surface area (Å²) in [6.45, 7) is 0.960. The number of nitriles is 1. The van der Waals surface area contributed by atoms with Crippen molar-refractivity contribution >= 4 is 10.0 Å². The second-order valence-electron chi connectivity index (χ2n) is 5.99. The van der Waals surface area contributed by atoms with Gasteiger partial charge in [-0.05, 0) is 35.4 Å². The lowest BCUT2D eigenvalue weighted by Crippen LogP contribution is -2.38. The molecule has 0 spiro atoms. The summed E-state index contributed by atoms with van der Waals surface area (Å²) in [7, 11) is -2.37. The fourth-order valence-electron chi connectivity index (χ4n) is 2.93. The normalized spacial score (nSPS) is 17.1. The largest absolute Gasteiger partial charge is 0.494 e. The first kappa shape index (κ1) is 19.2. The molecule has 144 valence electrons. The summed E-state index contributed by atoms with van der Waals surface area (Å²) in [5, 5.41) is 19.8. The number of hydrogen-bond acceptors (Lipinski definition) is 8. The zero-order valence-corrected chi connectivity index (χ0v) is 15.7. The number of ether oxygens (including phenoxy) is 2. The van der Waals surface area contributed by atoms with Gasteiger partial charge in [0.1, 0.15) is 17.8 Å². The van der Waals surface area contributed by atoms with Gasteiger partial charge in [-0.1, -0.05) is 0 Å². The van der Waals surface area contributed by atoms with E-state index in [0.29, 0.717) is 18.0 Å². The minimum atomic E-state index is -3.82. The summed E-state index contributed by atoms with van der Waals surface area (Å²) < 4.78 is 39.9.